The summed E-state index contributed by atoms with van der Waals surface area (Å²) in [5, 5.41) is 17.9. The molecule has 178 valence electrons. The van der Waals surface area contributed by atoms with Crippen molar-refractivity contribution >= 4 is 5.90 Å². The quantitative estimate of drug-likeness (QED) is 0.242. The van der Waals surface area contributed by atoms with E-state index in [4.69, 9.17) is 20.1 Å². The van der Waals surface area contributed by atoms with Crippen LogP contribution in [0.2, 0.25) is 0 Å². The van der Waals surface area contributed by atoms with Crippen LogP contribution in [-0.2, 0) is 15.9 Å². The molecule has 1 heterocycles. The smallest absolute Gasteiger partial charge is 0.233 e. The molecule has 0 saturated heterocycles. The summed E-state index contributed by atoms with van der Waals surface area (Å²) in [6, 6.07) is 7.79. The van der Waals surface area contributed by atoms with Crippen molar-refractivity contribution in [3.63, 3.8) is 0 Å². The van der Waals surface area contributed by atoms with Crippen molar-refractivity contribution in [2.24, 2.45) is 10.9 Å². The van der Waals surface area contributed by atoms with Gasteiger partial charge in [0.2, 0.25) is 5.90 Å². The number of β-amino-alcohol motifs (C(OH)–C–C–N with tert-alkyl or cyclic N) is 1. The third-order valence-electron chi connectivity index (χ3n) is 4.85. The molecule has 0 spiro atoms. The first-order chi connectivity index (χ1) is 15.3. The fourth-order valence-corrected chi connectivity index (χ4v) is 2.98. The summed E-state index contributed by atoms with van der Waals surface area (Å²) >= 11 is 0. The molecule has 9 nitrogen and oxygen atoms in total. The molecule has 0 aromatic heterocycles. The lowest BCUT2D eigenvalue weighted by Gasteiger charge is -2.28. The first kappa shape index (κ1) is 25.7. The van der Waals surface area contributed by atoms with Gasteiger partial charge in [0, 0.05) is 25.3 Å². The van der Waals surface area contributed by atoms with Gasteiger partial charge in [0.15, 0.2) is 0 Å². The summed E-state index contributed by atoms with van der Waals surface area (Å²) in [6.07, 6.45) is 1.83. The van der Waals surface area contributed by atoms with Crippen LogP contribution in [0, 0.1) is 0 Å². The molecule has 0 bridgehead atoms. The Morgan fingerprint density at radius 2 is 2.00 bits per heavy atom. The van der Waals surface area contributed by atoms with Crippen LogP contribution in [0.4, 0.5) is 0 Å². The molecule has 2 rings (SSSR count). The number of hydrogen-bond donors (Lipinski definition) is 5. The lowest BCUT2D eigenvalue weighted by molar-refractivity contribution is 0.0912. The Morgan fingerprint density at radius 3 is 2.69 bits per heavy atom. The van der Waals surface area contributed by atoms with Gasteiger partial charge in [0.1, 0.15) is 25.1 Å². The van der Waals surface area contributed by atoms with Crippen molar-refractivity contribution in [3.05, 3.63) is 52.9 Å². The summed E-state index contributed by atoms with van der Waals surface area (Å²) < 4.78 is 16.8. The van der Waals surface area contributed by atoms with Crippen LogP contribution in [-0.4, -0.2) is 56.1 Å². The monoisotopic (exact) mass is 447 g/mol. The van der Waals surface area contributed by atoms with Crippen LogP contribution in [0.1, 0.15) is 33.3 Å². The SMILES string of the molecule is COCCc1ccccc1OCC(O)CNC(C)(C)COC1=NNC(=C(C)C)C(NN)=C1. The van der Waals surface area contributed by atoms with E-state index < -0.39 is 11.6 Å². The van der Waals surface area contributed by atoms with E-state index in [0.29, 0.717) is 31.4 Å². The average molecular weight is 448 g/mol. The van der Waals surface area contributed by atoms with Crippen LogP contribution < -0.4 is 26.7 Å². The predicted octanol–water partition coefficient (Wildman–Crippen LogP) is 1.56. The van der Waals surface area contributed by atoms with Crippen LogP contribution in [0.3, 0.4) is 0 Å². The van der Waals surface area contributed by atoms with Crippen molar-refractivity contribution in [2.45, 2.75) is 45.8 Å². The third kappa shape index (κ3) is 8.16. The minimum absolute atomic E-state index is 0.185. The predicted molar refractivity (Wildman–Crippen MR) is 126 cm³/mol. The fourth-order valence-electron chi connectivity index (χ4n) is 2.98. The first-order valence-electron chi connectivity index (χ1n) is 10.7. The average Bonchev–Trinajstić information content (AvgIpc) is 2.79. The van der Waals surface area contributed by atoms with Crippen molar-refractivity contribution in [2.75, 3.05) is 33.5 Å². The van der Waals surface area contributed by atoms with E-state index in [1.54, 1.807) is 13.2 Å². The van der Waals surface area contributed by atoms with Crippen molar-refractivity contribution in [3.8, 4) is 5.75 Å². The zero-order valence-electron chi connectivity index (χ0n) is 19.7. The van der Waals surface area contributed by atoms with Crippen LogP contribution in [0.25, 0.3) is 0 Å². The number of hydrazine groups is 1. The number of allylic oxidation sites excluding steroid dienone is 1. The number of nitrogens with two attached hydrogens (primary N) is 1. The van der Waals surface area contributed by atoms with E-state index >= 15 is 0 Å². The number of benzene rings is 1. The maximum Gasteiger partial charge on any atom is 0.233 e. The number of aliphatic hydroxyl groups is 1. The number of aliphatic hydroxyl groups excluding tert-OH is 1. The van der Waals surface area contributed by atoms with Gasteiger partial charge in [-0.05, 0) is 51.3 Å². The van der Waals surface area contributed by atoms with Crippen LogP contribution in [0.5, 0.6) is 5.75 Å². The number of ether oxygens (including phenoxy) is 3. The molecule has 0 amide bonds. The van der Waals surface area contributed by atoms with Gasteiger partial charge < -0.3 is 30.1 Å². The van der Waals surface area contributed by atoms with Crippen LogP contribution >= 0.6 is 0 Å². The standard InChI is InChI=1S/C23H37N5O4/c1-16(2)22-19(26-24)12-21(27-28-22)32-15-23(3,4)25-13-18(29)14-31-20-9-7-6-8-17(20)10-11-30-5/h6-9,12,18,25-26,28-29H,10-11,13-15,24H2,1-5H3. The number of nitrogens with zero attached hydrogens (tertiary/aromatic N) is 1. The second kappa shape index (κ2) is 12.4. The molecule has 1 aromatic rings. The Morgan fingerprint density at radius 1 is 1.25 bits per heavy atom. The summed E-state index contributed by atoms with van der Waals surface area (Å²) in [5.74, 6) is 6.79. The number of para-hydroxylation sites is 1. The van der Waals surface area contributed by atoms with Gasteiger partial charge in [-0.25, -0.2) is 0 Å². The molecule has 0 saturated carbocycles. The minimum Gasteiger partial charge on any atom is -0.491 e. The molecular weight excluding hydrogens is 410 g/mol. The molecule has 0 radical (unpaired) electrons. The fraction of sp³-hybridized carbons (Fsp3) is 0.522. The maximum atomic E-state index is 10.4. The van der Waals surface area contributed by atoms with E-state index in [-0.39, 0.29) is 6.61 Å². The number of hydrazone groups is 1. The number of hydrogen-bond acceptors (Lipinski definition) is 9. The Balaban J connectivity index is 1.80. The molecule has 6 N–H and O–H groups in total. The summed E-state index contributed by atoms with van der Waals surface area (Å²) in [5.41, 5.74) is 8.85. The zero-order valence-corrected chi connectivity index (χ0v) is 19.7. The van der Waals surface area contributed by atoms with E-state index in [1.807, 2.05) is 52.0 Å². The van der Waals surface area contributed by atoms with E-state index in [2.05, 4.69) is 21.3 Å². The number of methoxy groups -OCH3 is 1. The Hall–Kier alpha value is -2.59. The Kier molecular flexibility index (Phi) is 9.98. The van der Waals surface area contributed by atoms with Crippen molar-refractivity contribution in [1.29, 1.82) is 0 Å². The maximum absolute atomic E-state index is 10.4. The largest absolute Gasteiger partial charge is 0.491 e. The van der Waals surface area contributed by atoms with Gasteiger partial charge in [-0.2, -0.15) is 0 Å². The van der Waals surface area contributed by atoms with Gasteiger partial charge in [-0.15, -0.1) is 5.10 Å². The summed E-state index contributed by atoms with van der Waals surface area (Å²) in [7, 11) is 1.67. The highest BCUT2D eigenvalue weighted by Crippen LogP contribution is 2.19. The highest BCUT2D eigenvalue weighted by atomic mass is 16.5. The third-order valence-corrected chi connectivity index (χ3v) is 4.85. The van der Waals surface area contributed by atoms with Gasteiger partial charge in [-0.3, -0.25) is 11.3 Å². The molecule has 32 heavy (non-hydrogen) atoms. The molecule has 1 unspecified atom stereocenters. The topological polar surface area (TPSA) is 122 Å². The summed E-state index contributed by atoms with van der Waals surface area (Å²) in [4.78, 5) is 0. The van der Waals surface area contributed by atoms with Gasteiger partial charge in [0.05, 0.1) is 18.0 Å². The first-order valence-corrected chi connectivity index (χ1v) is 10.7. The molecule has 0 fully saturated rings. The summed E-state index contributed by atoms with van der Waals surface area (Å²) in [6.45, 7) is 9.42. The Labute approximate surface area is 190 Å². The molecular formula is C23H37N5O4. The minimum atomic E-state index is -0.674. The van der Waals surface area contributed by atoms with Crippen molar-refractivity contribution < 1.29 is 19.3 Å². The second-order valence-corrected chi connectivity index (χ2v) is 8.51. The van der Waals surface area contributed by atoms with Crippen LogP contribution in [0.15, 0.2) is 52.4 Å². The van der Waals surface area contributed by atoms with E-state index in [1.165, 1.54) is 0 Å². The van der Waals surface area contributed by atoms with E-state index in [9.17, 15) is 5.11 Å². The normalized spacial score (nSPS) is 14.8. The highest BCUT2D eigenvalue weighted by Gasteiger charge is 2.22. The molecule has 1 atom stereocenters. The lowest BCUT2D eigenvalue weighted by atomic mass is 10.1. The highest BCUT2D eigenvalue weighted by molar-refractivity contribution is 5.90. The van der Waals surface area contributed by atoms with Gasteiger partial charge >= 0.3 is 0 Å². The lowest BCUT2D eigenvalue weighted by Crippen LogP contribution is -2.48. The van der Waals surface area contributed by atoms with Gasteiger partial charge in [-0.1, -0.05) is 18.2 Å². The number of nitrogens with one attached hydrogen (secondary N) is 3. The molecule has 1 aliphatic rings. The zero-order chi connectivity index (χ0) is 23.6. The second-order valence-electron chi connectivity index (χ2n) is 8.51. The molecule has 0 aliphatic carbocycles. The van der Waals surface area contributed by atoms with Crippen molar-refractivity contribution in [1.82, 2.24) is 16.2 Å². The Bertz CT molecular complexity index is 831. The molecule has 1 aromatic carbocycles. The molecule has 9 heteroatoms. The molecule has 1 aliphatic heterocycles. The van der Waals surface area contributed by atoms with E-state index in [0.717, 1.165) is 29.0 Å². The number of rotatable bonds is 12. The van der Waals surface area contributed by atoms with Gasteiger partial charge in [0.25, 0.3) is 0 Å².